The second-order valence-corrected chi connectivity index (χ2v) is 4.09. The highest BCUT2D eigenvalue weighted by molar-refractivity contribution is 14.1. The van der Waals surface area contributed by atoms with Crippen molar-refractivity contribution in [3.63, 3.8) is 0 Å². The number of fused-ring (bicyclic) bond motifs is 1. The highest BCUT2D eigenvalue weighted by atomic mass is 127. The number of aromatic nitrogens is 2. The molecule has 0 aliphatic carbocycles. The molecule has 1 aliphatic rings. The van der Waals surface area contributed by atoms with Crippen LogP contribution in [0, 0.1) is 3.83 Å². The third kappa shape index (κ3) is 0.922. The lowest BCUT2D eigenvalue weighted by Crippen LogP contribution is -1.94. The number of hydrogen-bond acceptors (Lipinski definition) is 1. The Kier molecular flexibility index (Phi) is 1.76. The van der Waals surface area contributed by atoms with Crippen LogP contribution in [0.15, 0.2) is 4.60 Å². The average Bonchev–Trinajstić information content (AvgIpc) is 2.39. The summed E-state index contributed by atoms with van der Waals surface area (Å²) in [6.07, 6.45) is 2.45. The SMILES string of the molecule is Brc1nc(I)n2c1CCC2. The molecule has 4 heteroatoms. The van der Waals surface area contributed by atoms with Crippen molar-refractivity contribution in [3.05, 3.63) is 14.1 Å². The molecular formula is C6H6BrIN2. The fourth-order valence-corrected chi connectivity index (χ4v) is 2.98. The zero-order chi connectivity index (χ0) is 7.14. The van der Waals surface area contributed by atoms with Gasteiger partial charge in [-0.3, -0.25) is 0 Å². The minimum Gasteiger partial charge on any atom is -0.322 e. The summed E-state index contributed by atoms with van der Waals surface area (Å²) in [7, 11) is 0. The molecule has 0 saturated carbocycles. The highest BCUT2D eigenvalue weighted by Gasteiger charge is 2.17. The fourth-order valence-electron chi connectivity index (χ4n) is 1.30. The van der Waals surface area contributed by atoms with E-state index in [1.54, 1.807) is 0 Å². The number of rotatable bonds is 0. The van der Waals surface area contributed by atoms with Crippen LogP contribution in [0.25, 0.3) is 0 Å². The van der Waals surface area contributed by atoms with Gasteiger partial charge in [0.15, 0.2) is 3.83 Å². The third-order valence-electron chi connectivity index (χ3n) is 1.77. The molecule has 10 heavy (non-hydrogen) atoms. The van der Waals surface area contributed by atoms with Gasteiger partial charge in [-0.15, -0.1) is 0 Å². The predicted molar refractivity (Wildman–Crippen MR) is 51.0 cm³/mol. The molecule has 1 aliphatic heterocycles. The van der Waals surface area contributed by atoms with Crippen LogP contribution in [0.1, 0.15) is 12.1 Å². The van der Waals surface area contributed by atoms with E-state index in [1.165, 1.54) is 18.5 Å². The van der Waals surface area contributed by atoms with E-state index in [2.05, 4.69) is 48.1 Å². The van der Waals surface area contributed by atoms with E-state index in [9.17, 15) is 0 Å². The van der Waals surface area contributed by atoms with E-state index in [0.29, 0.717) is 0 Å². The van der Waals surface area contributed by atoms with Crippen molar-refractivity contribution in [2.24, 2.45) is 0 Å². The van der Waals surface area contributed by atoms with Crippen molar-refractivity contribution >= 4 is 38.5 Å². The zero-order valence-electron chi connectivity index (χ0n) is 5.27. The molecular weight excluding hydrogens is 307 g/mol. The first-order valence-corrected chi connectivity index (χ1v) is 5.06. The van der Waals surface area contributed by atoms with E-state index in [0.717, 1.165) is 15.0 Å². The van der Waals surface area contributed by atoms with Gasteiger partial charge in [-0.1, -0.05) is 0 Å². The first kappa shape index (κ1) is 7.09. The summed E-state index contributed by atoms with van der Waals surface area (Å²) in [5.41, 5.74) is 1.37. The Morgan fingerprint density at radius 1 is 1.60 bits per heavy atom. The number of imidazole rings is 1. The van der Waals surface area contributed by atoms with Gasteiger partial charge in [-0.05, 0) is 51.4 Å². The van der Waals surface area contributed by atoms with Crippen molar-refractivity contribution in [1.29, 1.82) is 0 Å². The topological polar surface area (TPSA) is 17.8 Å². The van der Waals surface area contributed by atoms with Crippen LogP contribution < -0.4 is 0 Å². The van der Waals surface area contributed by atoms with Crippen LogP contribution in [0.2, 0.25) is 0 Å². The van der Waals surface area contributed by atoms with Gasteiger partial charge < -0.3 is 4.57 Å². The second kappa shape index (κ2) is 2.48. The maximum absolute atomic E-state index is 4.30. The van der Waals surface area contributed by atoms with Crippen LogP contribution in [0.4, 0.5) is 0 Å². The molecule has 0 spiro atoms. The fraction of sp³-hybridized carbons (Fsp3) is 0.500. The Hall–Kier alpha value is 0.420. The van der Waals surface area contributed by atoms with E-state index in [1.807, 2.05) is 0 Å². The highest BCUT2D eigenvalue weighted by Crippen LogP contribution is 2.25. The van der Waals surface area contributed by atoms with Gasteiger partial charge in [0.1, 0.15) is 4.60 Å². The maximum atomic E-state index is 4.30. The average molecular weight is 313 g/mol. The van der Waals surface area contributed by atoms with E-state index in [-0.39, 0.29) is 0 Å². The number of hydrogen-bond donors (Lipinski definition) is 0. The Morgan fingerprint density at radius 2 is 2.40 bits per heavy atom. The van der Waals surface area contributed by atoms with Crippen molar-refractivity contribution in [3.8, 4) is 0 Å². The summed E-state index contributed by atoms with van der Waals surface area (Å²) in [5, 5.41) is 0. The molecule has 0 amide bonds. The van der Waals surface area contributed by atoms with E-state index in [4.69, 9.17) is 0 Å². The van der Waals surface area contributed by atoms with Gasteiger partial charge in [0.25, 0.3) is 0 Å². The van der Waals surface area contributed by atoms with Crippen LogP contribution in [-0.4, -0.2) is 9.55 Å². The van der Waals surface area contributed by atoms with Gasteiger partial charge in [0.05, 0.1) is 5.69 Å². The lowest BCUT2D eigenvalue weighted by molar-refractivity contribution is 0.722. The van der Waals surface area contributed by atoms with Crippen LogP contribution in [0.3, 0.4) is 0 Å². The summed E-state index contributed by atoms with van der Waals surface area (Å²) < 4.78 is 4.41. The van der Waals surface area contributed by atoms with Gasteiger partial charge in [0, 0.05) is 6.54 Å². The maximum Gasteiger partial charge on any atom is 0.172 e. The van der Waals surface area contributed by atoms with Gasteiger partial charge in [0.2, 0.25) is 0 Å². The molecule has 1 aromatic rings. The van der Waals surface area contributed by atoms with E-state index >= 15 is 0 Å². The Labute approximate surface area is 81.3 Å². The summed E-state index contributed by atoms with van der Waals surface area (Å²) in [6, 6.07) is 0. The van der Waals surface area contributed by atoms with Gasteiger partial charge >= 0.3 is 0 Å². The first-order valence-electron chi connectivity index (χ1n) is 3.19. The minimum absolute atomic E-state index is 1.04. The Balaban J connectivity index is 2.61. The Morgan fingerprint density at radius 3 is 3.10 bits per heavy atom. The van der Waals surface area contributed by atoms with Crippen LogP contribution >= 0.6 is 38.5 Å². The quantitative estimate of drug-likeness (QED) is 0.672. The molecule has 2 nitrogen and oxygen atoms in total. The molecule has 0 radical (unpaired) electrons. The zero-order valence-corrected chi connectivity index (χ0v) is 9.02. The lowest BCUT2D eigenvalue weighted by atomic mass is 10.3. The first-order chi connectivity index (χ1) is 4.79. The molecule has 2 rings (SSSR count). The normalized spacial score (nSPS) is 15.8. The monoisotopic (exact) mass is 312 g/mol. The van der Waals surface area contributed by atoms with Gasteiger partial charge in [-0.25, -0.2) is 4.98 Å². The van der Waals surface area contributed by atoms with Crippen molar-refractivity contribution in [2.45, 2.75) is 19.4 Å². The lowest BCUT2D eigenvalue weighted by Gasteiger charge is -1.93. The Bertz CT molecular complexity index is 244. The molecule has 2 heterocycles. The number of halogens is 2. The smallest absolute Gasteiger partial charge is 0.172 e. The summed E-state index contributed by atoms with van der Waals surface area (Å²) in [4.78, 5) is 4.30. The number of nitrogens with zero attached hydrogens (tertiary/aromatic N) is 2. The molecule has 0 saturated heterocycles. The predicted octanol–water partition coefficient (Wildman–Crippen LogP) is 2.20. The molecule has 0 fully saturated rings. The molecule has 0 aromatic carbocycles. The van der Waals surface area contributed by atoms with Crippen LogP contribution in [0.5, 0.6) is 0 Å². The summed E-state index contributed by atoms with van der Waals surface area (Å²) >= 11 is 5.70. The largest absolute Gasteiger partial charge is 0.322 e. The van der Waals surface area contributed by atoms with Gasteiger partial charge in [-0.2, -0.15) is 0 Å². The third-order valence-corrected chi connectivity index (χ3v) is 3.23. The minimum atomic E-state index is 1.04. The standard InChI is InChI=1S/C6H6BrIN2/c7-5-4-2-1-3-10(4)6(8)9-5/h1-3H2. The van der Waals surface area contributed by atoms with Crippen molar-refractivity contribution in [1.82, 2.24) is 9.55 Å². The van der Waals surface area contributed by atoms with Crippen molar-refractivity contribution in [2.75, 3.05) is 0 Å². The molecule has 0 bridgehead atoms. The summed E-state index contributed by atoms with van der Waals surface area (Å²) in [6.45, 7) is 1.15. The second-order valence-electron chi connectivity index (χ2n) is 2.37. The molecule has 54 valence electrons. The summed E-state index contributed by atoms with van der Waals surface area (Å²) in [5.74, 6) is 0. The molecule has 0 N–H and O–H groups in total. The molecule has 0 unspecified atom stereocenters. The molecule has 1 aromatic heterocycles. The molecule has 0 atom stereocenters. The van der Waals surface area contributed by atoms with Crippen molar-refractivity contribution < 1.29 is 0 Å². The van der Waals surface area contributed by atoms with E-state index < -0.39 is 0 Å². The van der Waals surface area contributed by atoms with Crippen LogP contribution in [-0.2, 0) is 13.0 Å².